The van der Waals surface area contributed by atoms with E-state index in [2.05, 4.69) is 10.4 Å². The SMILES string of the molecule is CCC(C)(C)c1nn(C(=O)NC)c(=O)n1C. The van der Waals surface area contributed by atoms with Gasteiger partial charge in [-0.05, 0) is 6.42 Å². The van der Waals surface area contributed by atoms with Crippen molar-refractivity contribution in [2.24, 2.45) is 7.05 Å². The van der Waals surface area contributed by atoms with E-state index in [9.17, 15) is 9.59 Å². The van der Waals surface area contributed by atoms with E-state index < -0.39 is 11.7 Å². The number of amides is 1. The van der Waals surface area contributed by atoms with Gasteiger partial charge >= 0.3 is 11.7 Å². The van der Waals surface area contributed by atoms with Crippen molar-refractivity contribution in [1.29, 1.82) is 0 Å². The molecule has 0 unspecified atom stereocenters. The van der Waals surface area contributed by atoms with Crippen molar-refractivity contribution in [1.82, 2.24) is 19.7 Å². The van der Waals surface area contributed by atoms with Crippen LogP contribution in [0.3, 0.4) is 0 Å². The van der Waals surface area contributed by atoms with Crippen molar-refractivity contribution < 1.29 is 4.79 Å². The highest BCUT2D eigenvalue weighted by Crippen LogP contribution is 2.23. The van der Waals surface area contributed by atoms with Crippen LogP contribution in [0.4, 0.5) is 4.79 Å². The maximum Gasteiger partial charge on any atom is 0.354 e. The molecular weight excluding hydrogens is 208 g/mol. The van der Waals surface area contributed by atoms with E-state index in [1.54, 1.807) is 7.05 Å². The van der Waals surface area contributed by atoms with Crippen molar-refractivity contribution in [3.05, 3.63) is 16.3 Å². The Balaban J connectivity index is 3.36. The van der Waals surface area contributed by atoms with Crippen molar-refractivity contribution >= 4 is 6.03 Å². The van der Waals surface area contributed by atoms with Gasteiger partial charge in [0.15, 0.2) is 0 Å². The van der Waals surface area contributed by atoms with Gasteiger partial charge in [0.05, 0.1) is 0 Å². The fraction of sp³-hybridized carbons (Fsp3) is 0.700. The topological polar surface area (TPSA) is 68.9 Å². The van der Waals surface area contributed by atoms with E-state index in [0.29, 0.717) is 5.82 Å². The molecule has 1 aromatic rings. The van der Waals surface area contributed by atoms with Crippen LogP contribution in [0.25, 0.3) is 0 Å². The Morgan fingerprint density at radius 3 is 2.50 bits per heavy atom. The zero-order chi connectivity index (χ0) is 12.5. The highest BCUT2D eigenvalue weighted by Gasteiger charge is 2.27. The summed E-state index contributed by atoms with van der Waals surface area (Å²) in [5, 5.41) is 6.46. The molecule has 1 amide bonds. The van der Waals surface area contributed by atoms with Crippen LogP contribution >= 0.6 is 0 Å². The summed E-state index contributed by atoms with van der Waals surface area (Å²) in [6.07, 6.45) is 0.838. The van der Waals surface area contributed by atoms with Gasteiger partial charge in [0.1, 0.15) is 5.82 Å². The summed E-state index contributed by atoms with van der Waals surface area (Å²) in [4.78, 5) is 23.1. The third kappa shape index (κ3) is 1.87. The van der Waals surface area contributed by atoms with E-state index in [-0.39, 0.29) is 5.41 Å². The lowest BCUT2D eigenvalue weighted by Gasteiger charge is -2.20. The molecule has 0 spiro atoms. The number of carbonyl (C=O) groups is 1. The quantitative estimate of drug-likeness (QED) is 0.796. The molecule has 0 radical (unpaired) electrons. The smallest absolute Gasteiger partial charge is 0.339 e. The summed E-state index contributed by atoms with van der Waals surface area (Å²) in [6.45, 7) is 6.00. The average Bonchev–Trinajstić information content (AvgIpc) is 2.56. The first kappa shape index (κ1) is 12.5. The molecule has 0 aliphatic heterocycles. The van der Waals surface area contributed by atoms with Gasteiger partial charge in [0.25, 0.3) is 0 Å². The minimum Gasteiger partial charge on any atom is -0.339 e. The van der Waals surface area contributed by atoms with Gasteiger partial charge < -0.3 is 5.32 Å². The van der Waals surface area contributed by atoms with Crippen LogP contribution in [-0.4, -0.2) is 27.4 Å². The highest BCUT2D eigenvalue weighted by molar-refractivity contribution is 5.74. The summed E-state index contributed by atoms with van der Waals surface area (Å²) in [6, 6.07) is -0.515. The molecule has 90 valence electrons. The van der Waals surface area contributed by atoms with E-state index in [1.165, 1.54) is 11.6 Å². The second kappa shape index (κ2) is 4.11. The van der Waals surface area contributed by atoms with Crippen molar-refractivity contribution in [2.45, 2.75) is 32.6 Å². The summed E-state index contributed by atoms with van der Waals surface area (Å²) in [5.41, 5.74) is -0.649. The molecule has 0 saturated carbocycles. The first-order valence-corrected chi connectivity index (χ1v) is 5.23. The average molecular weight is 226 g/mol. The molecule has 0 atom stereocenters. The first-order valence-electron chi connectivity index (χ1n) is 5.23. The monoisotopic (exact) mass is 226 g/mol. The molecule has 0 saturated heterocycles. The maximum atomic E-state index is 11.8. The van der Waals surface area contributed by atoms with Gasteiger partial charge in [-0.3, -0.25) is 4.57 Å². The van der Waals surface area contributed by atoms with Gasteiger partial charge in [0, 0.05) is 19.5 Å². The minimum absolute atomic E-state index is 0.229. The second-order valence-electron chi connectivity index (χ2n) is 4.37. The second-order valence-corrected chi connectivity index (χ2v) is 4.37. The number of hydrogen-bond acceptors (Lipinski definition) is 3. The Morgan fingerprint density at radius 1 is 1.50 bits per heavy atom. The molecule has 0 aliphatic rings. The minimum atomic E-state index is -0.515. The van der Waals surface area contributed by atoms with Crippen LogP contribution in [0.2, 0.25) is 0 Å². The van der Waals surface area contributed by atoms with Crippen molar-refractivity contribution in [2.75, 3.05) is 7.05 Å². The zero-order valence-corrected chi connectivity index (χ0v) is 10.4. The molecule has 0 bridgehead atoms. The maximum absolute atomic E-state index is 11.8. The molecule has 16 heavy (non-hydrogen) atoms. The number of hydrogen-bond donors (Lipinski definition) is 1. The van der Waals surface area contributed by atoms with Gasteiger partial charge in [-0.1, -0.05) is 20.8 Å². The van der Waals surface area contributed by atoms with E-state index in [0.717, 1.165) is 11.1 Å². The lowest BCUT2D eigenvalue weighted by Crippen LogP contribution is -2.35. The summed E-state index contributed by atoms with van der Waals surface area (Å²) in [7, 11) is 3.09. The molecule has 0 fully saturated rings. The Hall–Kier alpha value is -1.59. The Labute approximate surface area is 94.3 Å². The normalized spacial score (nSPS) is 11.6. The van der Waals surface area contributed by atoms with Crippen LogP contribution in [0.5, 0.6) is 0 Å². The highest BCUT2D eigenvalue weighted by atomic mass is 16.2. The molecule has 0 aromatic carbocycles. The largest absolute Gasteiger partial charge is 0.354 e. The summed E-state index contributed by atoms with van der Waals surface area (Å²) >= 11 is 0. The molecule has 1 heterocycles. The number of nitrogens with zero attached hydrogens (tertiary/aromatic N) is 3. The van der Waals surface area contributed by atoms with Crippen molar-refractivity contribution in [3.8, 4) is 0 Å². The van der Waals surface area contributed by atoms with Crippen LogP contribution in [0.15, 0.2) is 4.79 Å². The Bertz CT molecular complexity index is 456. The van der Waals surface area contributed by atoms with Crippen LogP contribution in [0.1, 0.15) is 33.0 Å². The van der Waals surface area contributed by atoms with Crippen LogP contribution in [-0.2, 0) is 12.5 Å². The van der Waals surface area contributed by atoms with E-state index in [1.807, 2.05) is 20.8 Å². The van der Waals surface area contributed by atoms with Gasteiger partial charge in [-0.15, -0.1) is 9.78 Å². The molecule has 0 aliphatic carbocycles. The number of carbonyl (C=O) groups excluding carboxylic acids is 1. The molecule has 1 N–H and O–H groups in total. The zero-order valence-electron chi connectivity index (χ0n) is 10.4. The third-order valence-corrected chi connectivity index (χ3v) is 2.88. The van der Waals surface area contributed by atoms with Crippen LogP contribution < -0.4 is 11.0 Å². The predicted molar refractivity (Wildman–Crippen MR) is 60.6 cm³/mol. The van der Waals surface area contributed by atoms with Gasteiger partial charge in [0.2, 0.25) is 0 Å². The van der Waals surface area contributed by atoms with Gasteiger partial charge in [-0.25, -0.2) is 9.59 Å². The Kier molecular flexibility index (Phi) is 3.21. The summed E-state index contributed by atoms with van der Waals surface area (Å²) in [5.74, 6) is 0.614. The molecular formula is C10H18N4O2. The lowest BCUT2D eigenvalue weighted by atomic mass is 9.89. The van der Waals surface area contributed by atoms with E-state index >= 15 is 0 Å². The molecule has 1 aromatic heterocycles. The third-order valence-electron chi connectivity index (χ3n) is 2.88. The number of rotatable bonds is 2. The van der Waals surface area contributed by atoms with Crippen LogP contribution in [0, 0.1) is 0 Å². The fourth-order valence-corrected chi connectivity index (χ4v) is 1.42. The molecule has 1 rings (SSSR count). The lowest BCUT2D eigenvalue weighted by molar-refractivity contribution is 0.240. The first-order chi connectivity index (χ1) is 7.35. The van der Waals surface area contributed by atoms with Crippen molar-refractivity contribution in [3.63, 3.8) is 0 Å². The number of nitrogens with one attached hydrogen (secondary N) is 1. The van der Waals surface area contributed by atoms with Gasteiger partial charge in [-0.2, -0.15) is 0 Å². The molecule has 6 heteroatoms. The summed E-state index contributed by atoms with van der Waals surface area (Å²) < 4.78 is 2.27. The Morgan fingerprint density at radius 2 is 2.06 bits per heavy atom. The number of aromatic nitrogens is 3. The van der Waals surface area contributed by atoms with E-state index in [4.69, 9.17) is 0 Å². The predicted octanol–water partition coefficient (Wildman–Crippen LogP) is 0.457. The fourth-order valence-electron chi connectivity index (χ4n) is 1.42. The standard InChI is InChI=1S/C10H18N4O2/c1-6-10(2,3)7-12-14(8(15)11-4)9(16)13(7)5/h6H2,1-5H3,(H,11,15). The molecule has 6 nitrogen and oxygen atoms in total.